The number of nitrogens with one attached hydrogen (secondary N) is 1. The Labute approximate surface area is 126 Å². The zero-order chi connectivity index (χ0) is 15.4. The molecule has 0 aromatic heterocycles. The number of anilines is 1. The average molecular weight is 275 g/mol. The number of rotatable bonds is 7. The lowest BCUT2D eigenvalue weighted by Crippen LogP contribution is -2.02. The first-order valence-corrected chi connectivity index (χ1v) is 8.10. The highest BCUT2D eigenvalue weighted by molar-refractivity contribution is 5.45. The highest BCUT2D eigenvalue weighted by atomic mass is 14.9. The van der Waals surface area contributed by atoms with Crippen LogP contribution in [0.5, 0.6) is 0 Å². The van der Waals surface area contributed by atoms with Gasteiger partial charge in [-0.2, -0.15) is 0 Å². The number of benzene rings is 1. The Morgan fingerprint density at radius 1 is 1.15 bits per heavy atom. The van der Waals surface area contributed by atoms with Gasteiger partial charge in [-0.15, -0.1) is 0 Å². The second kappa shape index (κ2) is 11.6. The van der Waals surface area contributed by atoms with Crippen molar-refractivity contribution in [2.75, 3.05) is 11.9 Å². The molecule has 0 saturated heterocycles. The summed E-state index contributed by atoms with van der Waals surface area (Å²) in [5.41, 5.74) is 4.03. The van der Waals surface area contributed by atoms with Crippen molar-refractivity contribution >= 4 is 5.69 Å². The summed E-state index contributed by atoms with van der Waals surface area (Å²) in [4.78, 5) is 0. The summed E-state index contributed by atoms with van der Waals surface area (Å²) in [6.07, 6.45) is 5.93. The molecule has 0 radical (unpaired) electrons. The minimum atomic E-state index is 0.795. The van der Waals surface area contributed by atoms with Crippen LogP contribution in [0.1, 0.15) is 59.9 Å². The summed E-state index contributed by atoms with van der Waals surface area (Å²) in [6.45, 7) is 13.9. The van der Waals surface area contributed by atoms with E-state index in [1.54, 1.807) is 0 Å². The Balaban J connectivity index is 0.00000172. The third-order valence-corrected chi connectivity index (χ3v) is 3.17. The van der Waals surface area contributed by atoms with Gasteiger partial charge in [-0.3, -0.25) is 0 Å². The monoisotopic (exact) mass is 275 g/mol. The fourth-order valence-electron chi connectivity index (χ4n) is 1.84. The Kier molecular flexibility index (Phi) is 10.9. The predicted octanol–water partition coefficient (Wildman–Crippen LogP) is 6.07. The Morgan fingerprint density at radius 2 is 1.75 bits per heavy atom. The lowest BCUT2D eigenvalue weighted by molar-refractivity contribution is 0.593. The van der Waals surface area contributed by atoms with E-state index in [4.69, 9.17) is 0 Å². The van der Waals surface area contributed by atoms with Gasteiger partial charge in [-0.05, 0) is 49.8 Å². The van der Waals surface area contributed by atoms with Crippen LogP contribution in [0.25, 0.3) is 0 Å². The fraction of sp³-hybridized carbons (Fsp3) is 0.579. The van der Waals surface area contributed by atoms with Gasteiger partial charge in [0.15, 0.2) is 0 Å². The van der Waals surface area contributed by atoms with Crippen LogP contribution in [0.2, 0.25) is 0 Å². The van der Waals surface area contributed by atoms with Crippen molar-refractivity contribution in [3.05, 3.63) is 41.5 Å². The molecule has 0 aliphatic heterocycles. The lowest BCUT2D eigenvalue weighted by Gasteiger charge is -2.08. The third-order valence-electron chi connectivity index (χ3n) is 3.17. The van der Waals surface area contributed by atoms with Crippen LogP contribution in [-0.2, 0) is 6.42 Å². The van der Waals surface area contributed by atoms with E-state index in [-0.39, 0.29) is 0 Å². The maximum atomic E-state index is 3.47. The van der Waals surface area contributed by atoms with E-state index in [2.05, 4.69) is 63.4 Å². The molecule has 0 bridgehead atoms. The topological polar surface area (TPSA) is 12.0 Å². The highest BCUT2D eigenvalue weighted by Gasteiger charge is 1.95. The summed E-state index contributed by atoms with van der Waals surface area (Å²) in [6, 6.07) is 8.72. The van der Waals surface area contributed by atoms with Gasteiger partial charge >= 0.3 is 0 Å². The minimum absolute atomic E-state index is 0.795. The highest BCUT2D eigenvalue weighted by Crippen LogP contribution is 2.11. The molecule has 0 aliphatic carbocycles. The van der Waals surface area contributed by atoms with Gasteiger partial charge < -0.3 is 5.32 Å². The molecule has 1 aromatic rings. The van der Waals surface area contributed by atoms with Crippen LogP contribution in [0.3, 0.4) is 0 Å². The molecule has 0 heterocycles. The van der Waals surface area contributed by atoms with E-state index in [9.17, 15) is 0 Å². The zero-order valence-electron chi connectivity index (χ0n) is 14.3. The van der Waals surface area contributed by atoms with Crippen LogP contribution in [-0.4, -0.2) is 6.54 Å². The minimum Gasteiger partial charge on any atom is -0.381 e. The maximum Gasteiger partial charge on any atom is 0.0357 e. The van der Waals surface area contributed by atoms with E-state index in [1.165, 1.54) is 29.7 Å². The largest absolute Gasteiger partial charge is 0.381 e. The van der Waals surface area contributed by atoms with Gasteiger partial charge in [-0.1, -0.05) is 58.4 Å². The molecule has 20 heavy (non-hydrogen) atoms. The summed E-state index contributed by atoms with van der Waals surface area (Å²) < 4.78 is 0. The quantitative estimate of drug-likeness (QED) is 0.595. The molecular weight excluding hydrogens is 242 g/mol. The second-order valence-corrected chi connectivity index (χ2v) is 5.43. The van der Waals surface area contributed by atoms with Crippen molar-refractivity contribution in [2.24, 2.45) is 5.92 Å². The molecule has 0 saturated carbocycles. The summed E-state index contributed by atoms with van der Waals surface area (Å²) in [7, 11) is 0. The number of aryl methyl sites for hydroxylation is 1. The molecule has 0 unspecified atom stereocenters. The Hall–Kier alpha value is -1.24. The fourth-order valence-corrected chi connectivity index (χ4v) is 1.84. The van der Waals surface area contributed by atoms with E-state index in [0.29, 0.717) is 0 Å². The van der Waals surface area contributed by atoms with Crippen molar-refractivity contribution < 1.29 is 0 Å². The zero-order valence-corrected chi connectivity index (χ0v) is 14.3. The number of hydrogen-bond donors (Lipinski definition) is 1. The standard InChI is InChI=1S/C17H27N.C2H6/c1-5-16-9-11-17(12-10-16)18-13-15(4)8-6-7-14(2)3;1-2/h8-12,14,18H,5-7,13H2,1-4H3;1-2H3/b15-8+;. The molecule has 0 aliphatic rings. The van der Waals surface area contributed by atoms with Gasteiger partial charge in [-0.25, -0.2) is 0 Å². The lowest BCUT2D eigenvalue weighted by atomic mass is 10.1. The van der Waals surface area contributed by atoms with Gasteiger partial charge in [0, 0.05) is 12.2 Å². The molecule has 1 aromatic carbocycles. The molecule has 1 N–H and O–H groups in total. The molecule has 1 nitrogen and oxygen atoms in total. The molecule has 1 heteroatoms. The predicted molar refractivity (Wildman–Crippen MR) is 93.5 cm³/mol. The normalized spacial score (nSPS) is 11.1. The van der Waals surface area contributed by atoms with Crippen LogP contribution < -0.4 is 5.32 Å². The van der Waals surface area contributed by atoms with Crippen molar-refractivity contribution in [1.29, 1.82) is 0 Å². The van der Waals surface area contributed by atoms with Crippen LogP contribution >= 0.6 is 0 Å². The molecule has 0 spiro atoms. The van der Waals surface area contributed by atoms with E-state index < -0.39 is 0 Å². The SMILES string of the molecule is CC.CCc1ccc(NC/C(C)=C/CCC(C)C)cc1. The van der Waals surface area contributed by atoms with Gasteiger partial charge in [0.1, 0.15) is 0 Å². The van der Waals surface area contributed by atoms with Crippen molar-refractivity contribution in [1.82, 2.24) is 0 Å². The average Bonchev–Trinajstić information content (AvgIpc) is 2.47. The molecule has 1 rings (SSSR count). The molecule has 0 atom stereocenters. The molecular formula is C19H33N. The van der Waals surface area contributed by atoms with Crippen molar-refractivity contribution in [2.45, 2.75) is 60.8 Å². The maximum absolute atomic E-state index is 3.47. The first-order chi connectivity index (χ1) is 9.61. The first-order valence-electron chi connectivity index (χ1n) is 8.10. The molecule has 114 valence electrons. The van der Waals surface area contributed by atoms with Gasteiger partial charge in [0.05, 0.1) is 0 Å². The van der Waals surface area contributed by atoms with E-state index in [0.717, 1.165) is 18.9 Å². The smallest absolute Gasteiger partial charge is 0.0357 e. The Bertz CT molecular complexity index is 360. The third kappa shape index (κ3) is 8.79. The molecule has 0 fully saturated rings. The van der Waals surface area contributed by atoms with Crippen LogP contribution in [0.4, 0.5) is 5.69 Å². The summed E-state index contributed by atoms with van der Waals surface area (Å²) in [5, 5.41) is 3.47. The van der Waals surface area contributed by atoms with Crippen molar-refractivity contribution in [3.63, 3.8) is 0 Å². The van der Waals surface area contributed by atoms with E-state index in [1.807, 2.05) is 13.8 Å². The summed E-state index contributed by atoms with van der Waals surface area (Å²) >= 11 is 0. The molecule has 0 amide bonds. The van der Waals surface area contributed by atoms with Crippen molar-refractivity contribution in [3.8, 4) is 0 Å². The van der Waals surface area contributed by atoms with E-state index >= 15 is 0 Å². The van der Waals surface area contributed by atoms with Crippen LogP contribution in [0, 0.1) is 5.92 Å². The first kappa shape index (κ1) is 18.8. The number of allylic oxidation sites excluding steroid dienone is 1. The Morgan fingerprint density at radius 3 is 2.25 bits per heavy atom. The van der Waals surface area contributed by atoms with Gasteiger partial charge in [0.2, 0.25) is 0 Å². The second-order valence-electron chi connectivity index (χ2n) is 5.43. The van der Waals surface area contributed by atoms with Gasteiger partial charge in [0.25, 0.3) is 0 Å². The number of hydrogen-bond acceptors (Lipinski definition) is 1. The van der Waals surface area contributed by atoms with Crippen LogP contribution in [0.15, 0.2) is 35.9 Å². The summed E-state index contributed by atoms with van der Waals surface area (Å²) in [5.74, 6) is 0.795.